The van der Waals surface area contributed by atoms with Crippen LogP contribution in [0.2, 0.25) is 0 Å². The molecule has 4 N–H and O–H groups in total. The average Bonchev–Trinajstić information content (AvgIpc) is 2.87. The summed E-state index contributed by atoms with van der Waals surface area (Å²) < 4.78 is 0. The lowest BCUT2D eigenvalue weighted by Crippen LogP contribution is -2.56. The topological polar surface area (TPSA) is 143 Å². The van der Waals surface area contributed by atoms with Gasteiger partial charge in [0.1, 0.15) is 6.04 Å². The van der Waals surface area contributed by atoms with Crippen molar-refractivity contribution in [2.75, 3.05) is 11.5 Å². The lowest BCUT2D eigenvalue weighted by Gasteiger charge is -2.30. The number of allylic oxidation sites excluding steroid dienone is 1. The predicted molar refractivity (Wildman–Crippen MR) is 145 cm³/mol. The zero-order valence-corrected chi connectivity index (χ0v) is 23.1. The minimum atomic E-state index is -1.26. The van der Waals surface area contributed by atoms with E-state index in [9.17, 15) is 24.3 Å². The summed E-state index contributed by atoms with van der Waals surface area (Å²) in [7, 11) is 2.99. The molecule has 12 heteroatoms. The molecule has 0 spiro atoms. The molecular weight excluding hydrogens is 530 g/mol. The van der Waals surface area contributed by atoms with Gasteiger partial charge in [-0.25, -0.2) is 4.79 Å². The predicted octanol–water partition coefficient (Wildman–Crippen LogP) is 1.88. The van der Waals surface area contributed by atoms with Crippen molar-refractivity contribution in [2.24, 2.45) is 11.8 Å². The summed E-state index contributed by atoms with van der Waals surface area (Å²) in [5.74, 6) is -2.26. The second-order valence-electron chi connectivity index (χ2n) is 9.56. The molecule has 1 saturated heterocycles. The first-order chi connectivity index (χ1) is 18.2. The van der Waals surface area contributed by atoms with Crippen LogP contribution in [-0.2, 0) is 35.4 Å². The van der Waals surface area contributed by atoms with Crippen molar-refractivity contribution in [3.63, 3.8) is 0 Å². The van der Waals surface area contributed by atoms with Gasteiger partial charge in [0.05, 0.1) is 24.5 Å². The molecule has 2 aliphatic heterocycles. The largest absolute Gasteiger partial charge is 0.390 e. The van der Waals surface area contributed by atoms with E-state index in [0.717, 1.165) is 5.56 Å². The number of carbonyl (C=O) groups excluding carboxylic acids is 4. The molecule has 2 bridgehead atoms. The van der Waals surface area contributed by atoms with E-state index in [2.05, 4.69) is 16.0 Å². The monoisotopic (exact) mass is 565 g/mol. The fraction of sp³-hybridized carbons (Fsp3) is 0.538. The van der Waals surface area contributed by atoms with Crippen LogP contribution in [0, 0.1) is 11.8 Å². The fourth-order valence-corrected chi connectivity index (χ4v) is 6.25. The smallest absolute Gasteiger partial charge is 0.345 e. The maximum Gasteiger partial charge on any atom is 0.345 e. The zero-order valence-electron chi connectivity index (χ0n) is 21.5. The molecule has 2 heterocycles. The number of hydrogen-bond donors (Lipinski definition) is 4. The Morgan fingerprint density at radius 3 is 2.50 bits per heavy atom. The third kappa shape index (κ3) is 9.64. The van der Waals surface area contributed by atoms with Crippen LogP contribution < -0.4 is 16.0 Å². The van der Waals surface area contributed by atoms with Gasteiger partial charge in [0.15, 0.2) is 6.23 Å². The van der Waals surface area contributed by atoms with E-state index in [1.165, 1.54) is 10.8 Å². The van der Waals surface area contributed by atoms with Crippen LogP contribution in [0.1, 0.15) is 38.7 Å². The first kappa shape index (κ1) is 30.0. The molecule has 208 valence electrons. The van der Waals surface area contributed by atoms with E-state index in [0.29, 0.717) is 12.2 Å². The van der Waals surface area contributed by atoms with Gasteiger partial charge in [-0.15, -0.1) is 0 Å². The van der Waals surface area contributed by atoms with Crippen LogP contribution in [0.4, 0.5) is 0 Å². The molecular formula is C26H35N3O7S2. The number of nitrogens with one attached hydrogen (secondary N) is 3. The first-order valence-corrected chi connectivity index (χ1v) is 15.1. The molecule has 1 aromatic rings. The number of fused-ring (bicyclic) bond motifs is 7. The van der Waals surface area contributed by atoms with Crippen molar-refractivity contribution in [1.82, 2.24) is 16.0 Å². The van der Waals surface area contributed by atoms with Crippen LogP contribution in [0.15, 0.2) is 42.5 Å². The summed E-state index contributed by atoms with van der Waals surface area (Å²) in [5, 5.41) is 19.0. The molecule has 38 heavy (non-hydrogen) atoms. The van der Waals surface area contributed by atoms with Gasteiger partial charge in [-0.05, 0) is 30.4 Å². The van der Waals surface area contributed by atoms with Gasteiger partial charge < -0.3 is 21.1 Å². The molecule has 10 nitrogen and oxygen atoms in total. The summed E-state index contributed by atoms with van der Waals surface area (Å²) in [5.41, 5.74) is 0.864. The molecule has 2 aliphatic rings. The number of benzene rings is 1. The van der Waals surface area contributed by atoms with Crippen molar-refractivity contribution in [2.45, 2.75) is 63.9 Å². The maximum absolute atomic E-state index is 13.5. The number of carbonyl (C=O) groups is 4. The summed E-state index contributed by atoms with van der Waals surface area (Å²) in [6, 6.07) is 7.61. The van der Waals surface area contributed by atoms with E-state index in [4.69, 9.17) is 9.78 Å². The lowest BCUT2D eigenvalue weighted by molar-refractivity contribution is -0.294. The Labute approximate surface area is 230 Å². The first-order valence-electron chi connectivity index (χ1n) is 12.6. The Bertz CT molecular complexity index is 992. The van der Waals surface area contributed by atoms with Gasteiger partial charge in [0, 0.05) is 17.9 Å². The molecule has 0 aliphatic carbocycles. The second-order valence-corrected chi connectivity index (χ2v) is 12.2. The minimum absolute atomic E-state index is 0.175. The third-order valence-corrected chi connectivity index (χ3v) is 8.57. The number of rotatable bonds is 3. The van der Waals surface area contributed by atoms with Crippen molar-refractivity contribution < 1.29 is 34.1 Å². The normalized spacial score (nSPS) is 29.4. The zero-order chi connectivity index (χ0) is 27.5. The summed E-state index contributed by atoms with van der Waals surface area (Å²) >= 11 is 0. The van der Waals surface area contributed by atoms with E-state index in [1.807, 2.05) is 30.3 Å². The highest BCUT2D eigenvalue weighted by Gasteiger charge is 2.33. The lowest BCUT2D eigenvalue weighted by atomic mass is 9.94. The van der Waals surface area contributed by atoms with Crippen molar-refractivity contribution >= 4 is 45.3 Å². The highest BCUT2D eigenvalue weighted by atomic mass is 33.1. The van der Waals surface area contributed by atoms with Gasteiger partial charge in [-0.3, -0.25) is 19.3 Å². The molecule has 1 fully saturated rings. The van der Waals surface area contributed by atoms with E-state index in [-0.39, 0.29) is 24.5 Å². The summed E-state index contributed by atoms with van der Waals surface area (Å²) in [4.78, 5) is 62.3. The van der Waals surface area contributed by atoms with Crippen molar-refractivity contribution in [1.29, 1.82) is 0 Å². The number of hydrogen-bond acceptors (Lipinski definition) is 9. The van der Waals surface area contributed by atoms with Gasteiger partial charge >= 0.3 is 5.97 Å². The molecule has 1 aromatic carbocycles. The van der Waals surface area contributed by atoms with Crippen molar-refractivity contribution in [3.05, 3.63) is 48.0 Å². The molecule has 5 atom stereocenters. The van der Waals surface area contributed by atoms with E-state index < -0.39 is 60.4 Å². The van der Waals surface area contributed by atoms with Crippen LogP contribution >= 0.6 is 21.6 Å². The standard InChI is InChI=1S/C26H35N3O7S2/c1-16(2)24-20(30)14-23(32)36-35-22-10-6-7-11-37-38-15-19(26(34)29-24)27-25(33)18(13-21(31)28-22)12-17-8-4-3-5-9-17/h3-6,8-10,16,18-20,22,24,30H,7,11-15H2,1-2H3,(H,27,33)(H,28,31)(H,29,34)/b10-6-/t18-,19+,20-,22+,24+/m0/s1. The Hall–Kier alpha value is -2.54. The van der Waals surface area contributed by atoms with Gasteiger partial charge in [0.25, 0.3) is 0 Å². The van der Waals surface area contributed by atoms with Crippen LogP contribution in [0.25, 0.3) is 0 Å². The SMILES string of the molecule is CC(C)[C@H]1NC(=O)[C@H]2CSSCC/C=C\[C@H](NC(=O)C[C@H](Cc3ccccc3)C(=O)N2)OOC(=O)C[C@@H]1O. The van der Waals surface area contributed by atoms with Crippen LogP contribution in [0.3, 0.4) is 0 Å². The van der Waals surface area contributed by atoms with Gasteiger partial charge in [0.2, 0.25) is 17.7 Å². The fourth-order valence-electron chi connectivity index (χ4n) is 4.09. The molecule has 0 unspecified atom stereocenters. The summed E-state index contributed by atoms with van der Waals surface area (Å²) in [6.45, 7) is 3.61. The number of amides is 3. The molecule has 3 amide bonds. The maximum atomic E-state index is 13.5. The Morgan fingerprint density at radius 1 is 1.00 bits per heavy atom. The number of aliphatic hydroxyl groups is 1. The summed E-state index contributed by atoms with van der Waals surface area (Å²) in [6.07, 6.45) is 1.33. The molecule has 3 rings (SSSR count). The van der Waals surface area contributed by atoms with E-state index in [1.54, 1.807) is 36.8 Å². The van der Waals surface area contributed by atoms with Gasteiger partial charge in [-0.2, -0.15) is 4.89 Å². The van der Waals surface area contributed by atoms with Crippen LogP contribution in [-0.4, -0.2) is 64.7 Å². The quantitative estimate of drug-likeness (QED) is 0.245. The minimum Gasteiger partial charge on any atom is -0.390 e. The highest BCUT2D eigenvalue weighted by Crippen LogP contribution is 2.24. The molecule has 0 radical (unpaired) electrons. The average molecular weight is 566 g/mol. The highest BCUT2D eigenvalue weighted by molar-refractivity contribution is 8.76. The van der Waals surface area contributed by atoms with E-state index >= 15 is 0 Å². The Balaban J connectivity index is 1.97. The Morgan fingerprint density at radius 2 is 1.76 bits per heavy atom. The molecule has 0 aromatic heterocycles. The van der Waals surface area contributed by atoms with Gasteiger partial charge in [-0.1, -0.05) is 71.8 Å². The Kier molecular flexibility index (Phi) is 12.0. The third-order valence-electron chi connectivity index (χ3n) is 6.12. The number of aliphatic hydroxyl groups excluding tert-OH is 1. The van der Waals surface area contributed by atoms with Crippen LogP contribution in [0.5, 0.6) is 0 Å². The second kappa shape index (κ2) is 15.2. The van der Waals surface area contributed by atoms with Crippen molar-refractivity contribution in [3.8, 4) is 0 Å². The molecule has 0 saturated carbocycles.